The number of thiazole rings is 1. The molecule has 2 nitrogen and oxygen atoms in total. The Morgan fingerprint density at radius 3 is 2.43 bits per heavy atom. The van der Waals surface area contributed by atoms with Gasteiger partial charge in [0.2, 0.25) is 0 Å². The molecule has 1 heterocycles. The van der Waals surface area contributed by atoms with Gasteiger partial charge in [0.25, 0.3) is 0 Å². The maximum absolute atomic E-state index is 6.00. The minimum atomic E-state index is 0.750. The second kappa shape index (κ2) is 7.47. The van der Waals surface area contributed by atoms with Crippen molar-refractivity contribution in [1.29, 1.82) is 0 Å². The van der Waals surface area contributed by atoms with Gasteiger partial charge in [0.1, 0.15) is 0 Å². The zero-order valence-corrected chi connectivity index (χ0v) is 15.8. The number of halogens is 2. The van der Waals surface area contributed by atoms with Crippen LogP contribution in [-0.2, 0) is 0 Å². The number of anilines is 2. The Morgan fingerprint density at radius 1 is 1.09 bits per heavy atom. The van der Waals surface area contributed by atoms with Gasteiger partial charge in [-0.15, -0.1) is 11.3 Å². The van der Waals surface area contributed by atoms with Crippen LogP contribution in [0.25, 0.3) is 11.3 Å². The average Bonchev–Trinajstić information content (AvgIpc) is 3.04. The first-order chi connectivity index (χ1) is 11.2. The monoisotopic (exact) mass is 406 g/mol. The molecule has 23 heavy (non-hydrogen) atoms. The molecule has 0 saturated heterocycles. The summed E-state index contributed by atoms with van der Waals surface area (Å²) in [7, 11) is 0. The van der Waals surface area contributed by atoms with E-state index >= 15 is 0 Å². The molecule has 3 aromatic rings. The summed E-state index contributed by atoms with van der Waals surface area (Å²) in [5.74, 6) is 0. The van der Waals surface area contributed by atoms with Crippen molar-refractivity contribution in [3.05, 3.63) is 63.4 Å². The predicted molar refractivity (Wildman–Crippen MR) is 104 cm³/mol. The van der Waals surface area contributed by atoms with E-state index in [9.17, 15) is 0 Å². The van der Waals surface area contributed by atoms with Crippen LogP contribution in [0.2, 0.25) is 5.02 Å². The van der Waals surface area contributed by atoms with E-state index in [4.69, 9.17) is 16.6 Å². The van der Waals surface area contributed by atoms with E-state index in [1.54, 1.807) is 11.3 Å². The van der Waals surface area contributed by atoms with Crippen LogP contribution in [0.5, 0.6) is 0 Å². The Bertz CT molecular complexity index is 768. The molecule has 5 heteroatoms. The average molecular weight is 408 g/mol. The Labute approximate surface area is 153 Å². The van der Waals surface area contributed by atoms with E-state index in [1.807, 2.05) is 36.4 Å². The number of hydrogen-bond acceptors (Lipinski definition) is 3. The summed E-state index contributed by atoms with van der Waals surface area (Å²) in [5, 5.41) is 3.86. The van der Waals surface area contributed by atoms with Crippen LogP contribution in [0.4, 0.5) is 10.8 Å². The number of hydrogen-bond donors (Lipinski definition) is 0. The van der Waals surface area contributed by atoms with Gasteiger partial charge >= 0.3 is 0 Å². The zero-order valence-electron chi connectivity index (χ0n) is 12.7. The third-order valence-electron chi connectivity index (χ3n) is 3.45. The molecule has 0 bridgehead atoms. The summed E-state index contributed by atoms with van der Waals surface area (Å²) in [4.78, 5) is 7.06. The molecule has 0 aliphatic rings. The van der Waals surface area contributed by atoms with Gasteiger partial charge in [-0.2, -0.15) is 0 Å². The van der Waals surface area contributed by atoms with Gasteiger partial charge in [-0.05, 0) is 42.8 Å². The molecule has 0 saturated carbocycles. The largest absolute Gasteiger partial charge is 0.318 e. The number of benzene rings is 2. The highest BCUT2D eigenvalue weighted by Crippen LogP contribution is 2.33. The standard InChI is InChI=1S/C18H16BrClN2S/c1-2-11-22(16-9-7-15(20)8-10-16)18-21-17(12-23-18)13-3-5-14(19)6-4-13/h3-10,12H,2,11H2,1H3. The Kier molecular flexibility index (Phi) is 5.36. The molecular formula is C18H16BrClN2S. The van der Waals surface area contributed by atoms with E-state index < -0.39 is 0 Å². The smallest absolute Gasteiger partial charge is 0.190 e. The quantitative estimate of drug-likeness (QED) is 0.463. The van der Waals surface area contributed by atoms with Crippen LogP contribution >= 0.6 is 38.9 Å². The molecular weight excluding hydrogens is 392 g/mol. The van der Waals surface area contributed by atoms with Crippen LogP contribution in [0.1, 0.15) is 13.3 Å². The molecule has 0 N–H and O–H groups in total. The van der Waals surface area contributed by atoms with E-state index in [2.05, 4.69) is 45.3 Å². The highest BCUT2D eigenvalue weighted by atomic mass is 79.9. The van der Waals surface area contributed by atoms with Crippen molar-refractivity contribution in [3.8, 4) is 11.3 Å². The predicted octanol–water partition coefficient (Wildman–Crippen LogP) is 6.77. The van der Waals surface area contributed by atoms with Gasteiger partial charge < -0.3 is 4.90 Å². The van der Waals surface area contributed by atoms with Crippen molar-refractivity contribution in [3.63, 3.8) is 0 Å². The molecule has 0 unspecified atom stereocenters. The maximum atomic E-state index is 6.00. The van der Waals surface area contributed by atoms with Crippen LogP contribution < -0.4 is 4.90 Å². The van der Waals surface area contributed by atoms with E-state index in [-0.39, 0.29) is 0 Å². The van der Waals surface area contributed by atoms with Gasteiger partial charge in [-0.25, -0.2) is 4.98 Å². The summed E-state index contributed by atoms with van der Waals surface area (Å²) < 4.78 is 1.07. The lowest BCUT2D eigenvalue weighted by atomic mass is 10.2. The molecule has 0 radical (unpaired) electrons. The number of nitrogens with zero attached hydrogens (tertiary/aromatic N) is 2. The highest BCUT2D eigenvalue weighted by molar-refractivity contribution is 9.10. The molecule has 0 amide bonds. The van der Waals surface area contributed by atoms with Crippen LogP contribution in [0.15, 0.2) is 58.4 Å². The third-order valence-corrected chi connectivity index (χ3v) is 5.09. The van der Waals surface area contributed by atoms with Crippen molar-refractivity contribution in [2.75, 3.05) is 11.4 Å². The fourth-order valence-corrected chi connectivity index (χ4v) is 3.59. The van der Waals surface area contributed by atoms with Gasteiger partial charge in [-0.3, -0.25) is 0 Å². The van der Waals surface area contributed by atoms with Gasteiger partial charge in [0, 0.05) is 32.7 Å². The molecule has 2 aromatic carbocycles. The molecule has 3 rings (SSSR count). The van der Waals surface area contributed by atoms with Crippen LogP contribution in [0, 0.1) is 0 Å². The number of rotatable bonds is 5. The molecule has 0 spiro atoms. The summed E-state index contributed by atoms with van der Waals surface area (Å²) in [6.07, 6.45) is 1.05. The fraction of sp³-hybridized carbons (Fsp3) is 0.167. The van der Waals surface area contributed by atoms with Crippen molar-refractivity contribution in [1.82, 2.24) is 4.98 Å². The van der Waals surface area contributed by atoms with Gasteiger partial charge in [-0.1, -0.05) is 46.6 Å². The van der Waals surface area contributed by atoms with E-state index in [0.717, 1.165) is 44.5 Å². The molecule has 0 aliphatic carbocycles. The highest BCUT2D eigenvalue weighted by Gasteiger charge is 2.13. The molecule has 118 valence electrons. The third kappa shape index (κ3) is 3.94. The lowest BCUT2D eigenvalue weighted by molar-refractivity contribution is 0.881. The summed E-state index contributed by atoms with van der Waals surface area (Å²) >= 11 is 11.1. The topological polar surface area (TPSA) is 16.1 Å². The Morgan fingerprint density at radius 2 is 1.78 bits per heavy atom. The fourth-order valence-electron chi connectivity index (χ4n) is 2.32. The molecule has 0 aliphatic heterocycles. The summed E-state index contributed by atoms with van der Waals surface area (Å²) in [6.45, 7) is 3.10. The SMILES string of the molecule is CCCN(c1ccc(Cl)cc1)c1nc(-c2ccc(Br)cc2)cs1. The molecule has 1 aromatic heterocycles. The molecule has 0 atom stereocenters. The summed E-state index contributed by atoms with van der Waals surface area (Å²) in [6, 6.07) is 16.2. The normalized spacial score (nSPS) is 10.7. The van der Waals surface area contributed by atoms with Crippen LogP contribution in [-0.4, -0.2) is 11.5 Å². The Balaban J connectivity index is 1.91. The lowest BCUT2D eigenvalue weighted by Crippen LogP contribution is -2.17. The van der Waals surface area contributed by atoms with Crippen molar-refractivity contribution < 1.29 is 0 Å². The first kappa shape index (κ1) is 16.5. The van der Waals surface area contributed by atoms with Gasteiger partial charge in [0.15, 0.2) is 5.13 Å². The Hall–Kier alpha value is -1.36. The van der Waals surface area contributed by atoms with E-state index in [0.29, 0.717) is 0 Å². The first-order valence-corrected chi connectivity index (χ1v) is 9.47. The van der Waals surface area contributed by atoms with E-state index in [1.165, 1.54) is 0 Å². The summed E-state index contributed by atoms with van der Waals surface area (Å²) in [5.41, 5.74) is 3.25. The first-order valence-electron chi connectivity index (χ1n) is 7.42. The second-order valence-electron chi connectivity index (χ2n) is 5.15. The minimum absolute atomic E-state index is 0.750. The second-order valence-corrected chi connectivity index (χ2v) is 7.34. The van der Waals surface area contributed by atoms with Crippen LogP contribution in [0.3, 0.4) is 0 Å². The number of aromatic nitrogens is 1. The van der Waals surface area contributed by atoms with Crippen molar-refractivity contribution in [2.45, 2.75) is 13.3 Å². The minimum Gasteiger partial charge on any atom is -0.318 e. The van der Waals surface area contributed by atoms with Gasteiger partial charge in [0.05, 0.1) is 5.69 Å². The zero-order chi connectivity index (χ0) is 16.2. The van der Waals surface area contributed by atoms with Crippen molar-refractivity contribution in [2.24, 2.45) is 0 Å². The maximum Gasteiger partial charge on any atom is 0.190 e. The lowest BCUT2D eigenvalue weighted by Gasteiger charge is -2.21. The molecule has 0 fully saturated rings. The van der Waals surface area contributed by atoms with Crippen molar-refractivity contribution >= 4 is 49.7 Å².